The van der Waals surface area contributed by atoms with Crippen LogP contribution in [0.3, 0.4) is 0 Å². The molecule has 1 aromatic rings. The van der Waals surface area contributed by atoms with Gasteiger partial charge in [-0.25, -0.2) is 0 Å². The van der Waals surface area contributed by atoms with Crippen LogP contribution in [0.2, 0.25) is 0 Å². The number of hydrogen-bond donors (Lipinski definition) is 0. The molecule has 7 aliphatic carbocycles. The van der Waals surface area contributed by atoms with Gasteiger partial charge in [-0.15, -0.1) is 11.8 Å². The quantitative estimate of drug-likeness (QED) is 0.759. The predicted molar refractivity (Wildman–Crippen MR) is 97.1 cm³/mol. The normalized spacial score (nSPS) is 60.8. The highest BCUT2D eigenvalue weighted by molar-refractivity contribution is 8.00. The van der Waals surface area contributed by atoms with Crippen molar-refractivity contribution in [3.05, 3.63) is 42.5 Å². The maximum absolute atomic E-state index is 13.6. The number of thioether (sulfide) groups is 1. The zero-order valence-corrected chi connectivity index (χ0v) is 15.1. The van der Waals surface area contributed by atoms with Crippen LogP contribution in [0.5, 0.6) is 0 Å². The summed E-state index contributed by atoms with van der Waals surface area (Å²) in [5.74, 6) is 6.51. The molecule has 2 nitrogen and oxygen atoms in total. The van der Waals surface area contributed by atoms with E-state index in [0.29, 0.717) is 70.7 Å². The Labute approximate surface area is 156 Å². The molecular weight excluding hydrogens is 340 g/mol. The van der Waals surface area contributed by atoms with E-state index in [4.69, 9.17) is 0 Å². The van der Waals surface area contributed by atoms with Crippen LogP contribution < -0.4 is 0 Å². The average molecular weight is 360 g/mol. The van der Waals surface area contributed by atoms with Crippen molar-refractivity contribution in [3.8, 4) is 0 Å². The zero-order valence-electron chi connectivity index (χ0n) is 14.3. The fourth-order valence-electron chi connectivity index (χ4n) is 9.60. The molecule has 0 spiro atoms. The lowest BCUT2D eigenvalue weighted by molar-refractivity contribution is -0.127. The third kappa shape index (κ3) is 1.16. The maximum Gasteiger partial charge on any atom is 0.141 e. The van der Waals surface area contributed by atoms with E-state index in [9.17, 15) is 9.59 Å². The van der Waals surface area contributed by atoms with E-state index in [0.717, 1.165) is 0 Å². The van der Waals surface area contributed by atoms with E-state index in [-0.39, 0.29) is 17.1 Å². The Morgan fingerprint density at radius 2 is 1.15 bits per heavy atom. The Morgan fingerprint density at radius 3 is 1.73 bits per heavy atom. The van der Waals surface area contributed by atoms with Crippen molar-refractivity contribution in [1.82, 2.24) is 0 Å². The fourth-order valence-corrected chi connectivity index (χ4v) is 11.1. The molecular formula is C23H20O2S. The lowest BCUT2D eigenvalue weighted by atomic mass is 9.79. The number of fused-ring (bicyclic) bond motifs is 2. The number of carbonyl (C=O) groups is 2. The van der Waals surface area contributed by atoms with Gasteiger partial charge in [-0.1, -0.05) is 30.4 Å². The van der Waals surface area contributed by atoms with Gasteiger partial charge in [0.05, 0.1) is 0 Å². The molecule has 3 heteroatoms. The Balaban J connectivity index is 1.33. The number of Topliss-reactive ketones (excluding diaryl/α,β-unsaturated/α-hetero) is 2. The molecule has 13 atom stereocenters. The van der Waals surface area contributed by atoms with Crippen molar-refractivity contribution in [2.45, 2.75) is 10.1 Å². The molecule has 7 aliphatic rings. The average Bonchev–Trinajstić information content (AvgIpc) is 3.40. The predicted octanol–water partition coefficient (Wildman–Crippen LogP) is 3.33. The number of ketones is 2. The molecule has 130 valence electrons. The smallest absolute Gasteiger partial charge is 0.141 e. The van der Waals surface area contributed by atoms with Gasteiger partial charge in [0.1, 0.15) is 11.6 Å². The molecule has 3 unspecified atom stereocenters. The van der Waals surface area contributed by atoms with Crippen molar-refractivity contribution in [1.29, 1.82) is 0 Å². The third-order valence-corrected chi connectivity index (χ3v) is 11.0. The highest BCUT2D eigenvalue weighted by Gasteiger charge is 2.84. The van der Waals surface area contributed by atoms with Crippen LogP contribution in [0.1, 0.15) is 0 Å². The number of hydrogen-bond acceptors (Lipinski definition) is 3. The lowest BCUT2D eigenvalue weighted by Gasteiger charge is -2.28. The van der Waals surface area contributed by atoms with E-state index in [1.165, 1.54) is 4.90 Å². The van der Waals surface area contributed by atoms with Gasteiger partial charge < -0.3 is 0 Å². The second kappa shape index (κ2) is 4.06. The maximum atomic E-state index is 13.6. The summed E-state index contributed by atoms with van der Waals surface area (Å²) in [5, 5.41) is 0.197. The molecule has 0 aromatic heterocycles. The topological polar surface area (TPSA) is 34.1 Å². The highest BCUT2D eigenvalue weighted by Crippen LogP contribution is 2.83. The van der Waals surface area contributed by atoms with E-state index in [1.54, 1.807) is 0 Å². The molecule has 0 amide bonds. The second-order valence-electron chi connectivity index (χ2n) is 9.81. The van der Waals surface area contributed by atoms with Gasteiger partial charge in [-0.2, -0.15) is 0 Å². The van der Waals surface area contributed by atoms with Gasteiger partial charge in [0.25, 0.3) is 0 Å². The van der Waals surface area contributed by atoms with Crippen LogP contribution in [0.15, 0.2) is 47.4 Å². The van der Waals surface area contributed by atoms with Crippen molar-refractivity contribution in [2.24, 2.45) is 71.0 Å². The first-order valence-corrected chi connectivity index (χ1v) is 11.1. The van der Waals surface area contributed by atoms with Crippen molar-refractivity contribution in [2.75, 3.05) is 0 Å². The van der Waals surface area contributed by atoms with E-state index >= 15 is 0 Å². The van der Waals surface area contributed by atoms with E-state index < -0.39 is 0 Å². The number of rotatable bonds is 2. The summed E-state index contributed by atoms with van der Waals surface area (Å²) < 4.78 is 0. The molecule has 0 radical (unpaired) electrons. The molecule has 0 aliphatic heterocycles. The first-order valence-electron chi connectivity index (χ1n) is 10.2. The van der Waals surface area contributed by atoms with Gasteiger partial charge in [0, 0.05) is 33.8 Å². The van der Waals surface area contributed by atoms with E-state index in [1.807, 2.05) is 17.8 Å². The molecule has 1 aromatic carbocycles. The van der Waals surface area contributed by atoms with Crippen LogP contribution in [-0.2, 0) is 9.59 Å². The molecule has 0 bridgehead atoms. The summed E-state index contributed by atoms with van der Waals surface area (Å²) in [5.41, 5.74) is 0. The van der Waals surface area contributed by atoms with Gasteiger partial charge in [0.2, 0.25) is 0 Å². The van der Waals surface area contributed by atoms with Crippen LogP contribution in [0, 0.1) is 71.0 Å². The Bertz CT molecular complexity index is 869. The van der Waals surface area contributed by atoms with Crippen molar-refractivity contribution < 1.29 is 9.59 Å². The zero-order chi connectivity index (χ0) is 16.9. The number of benzene rings is 1. The Kier molecular flexibility index (Phi) is 2.15. The Hall–Kier alpha value is -1.35. The third-order valence-electron chi connectivity index (χ3n) is 9.64. The lowest BCUT2D eigenvalue weighted by Crippen LogP contribution is -2.35. The number of carbonyl (C=O) groups excluding carboxylic acids is 2. The van der Waals surface area contributed by atoms with Crippen LogP contribution >= 0.6 is 11.8 Å². The van der Waals surface area contributed by atoms with Gasteiger partial charge >= 0.3 is 0 Å². The molecule has 26 heavy (non-hydrogen) atoms. The molecule has 6 saturated carbocycles. The minimum atomic E-state index is 0.147. The SMILES string of the molecule is O=C1[C@@H]2[C@H]3C4C5[C@@H]2C=C[C@@H]5[C@H]2C(=O)[C@@H]5C(Sc6ccccc6)[C@@H]1[C@@H]3[C@@H]5[C@H]42. The first kappa shape index (κ1) is 13.8. The Morgan fingerprint density at radius 1 is 0.615 bits per heavy atom. The van der Waals surface area contributed by atoms with E-state index in [2.05, 4.69) is 36.4 Å². The number of allylic oxidation sites excluding steroid dienone is 2. The molecule has 0 N–H and O–H groups in total. The summed E-state index contributed by atoms with van der Waals surface area (Å²) in [6, 6.07) is 10.5. The monoisotopic (exact) mass is 360 g/mol. The molecule has 6 fully saturated rings. The standard InChI is InChI=1S/C23H20O2S/c24-21-12-9-6-7-10-11(9)14-15(12)17-18-16(14)13(10)22(25)20(18)23(19(17)21)26-8-4-2-1-3-5-8/h1-7,9-20,23H/t9-,10-,11?,12-,13+,14?,15-,16-,17-,18-,19+,20+,23?/m0/s1. The summed E-state index contributed by atoms with van der Waals surface area (Å²) in [6.07, 6.45) is 4.71. The molecule has 0 heterocycles. The highest BCUT2D eigenvalue weighted by atomic mass is 32.2. The summed E-state index contributed by atoms with van der Waals surface area (Å²) >= 11 is 1.84. The van der Waals surface area contributed by atoms with Gasteiger partial charge in [0.15, 0.2) is 0 Å². The van der Waals surface area contributed by atoms with Crippen LogP contribution in [-0.4, -0.2) is 16.8 Å². The minimum Gasteiger partial charge on any atom is -0.299 e. The molecule has 8 rings (SSSR count). The van der Waals surface area contributed by atoms with Crippen molar-refractivity contribution >= 4 is 23.3 Å². The van der Waals surface area contributed by atoms with Crippen LogP contribution in [0.4, 0.5) is 0 Å². The largest absolute Gasteiger partial charge is 0.299 e. The van der Waals surface area contributed by atoms with Gasteiger partial charge in [-0.05, 0) is 59.5 Å². The first-order chi connectivity index (χ1) is 12.8. The summed E-state index contributed by atoms with van der Waals surface area (Å²) in [6.45, 7) is 0. The second-order valence-corrected chi connectivity index (χ2v) is 11.1. The van der Waals surface area contributed by atoms with Crippen molar-refractivity contribution in [3.63, 3.8) is 0 Å². The minimum absolute atomic E-state index is 0.147. The summed E-state index contributed by atoms with van der Waals surface area (Å²) in [4.78, 5) is 28.4. The fraction of sp³-hybridized carbons (Fsp3) is 0.565. The summed E-state index contributed by atoms with van der Waals surface area (Å²) in [7, 11) is 0. The van der Waals surface area contributed by atoms with Gasteiger partial charge in [-0.3, -0.25) is 9.59 Å². The molecule has 0 saturated heterocycles. The van der Waals surface area contributed by atoms with Crippen LogP contribution in [0.25, 0.3) is 0 Å².